The normalized spacial score (nSPS) is 11.9. The molecule has 0 radical (unpaired) electrons. The van der Waals surface area contributed by atoms with Crippen LogP contribution in [-0.4, -0.2) is 13.1 Å². The van der Waals surface area contributed by atoms with Gasteiger partial charge in [0.25, 0.3) is 0 Å². The maximum atomic E-state index is 11.9. The third kappa shape index (κ3) is 3.83. The quantitative estimate of drug-likeness (QED) is 0.858. The van der Waals surface area contributed by atoms with Crippen LogP contribution in [0.1, 0.15) is 17.2 Å². The zero-order valence-electron chi connectivity index (χ0n) is 11.2. The summed E-state index contributed by atoms with van der Waals surface area (Å²) >= 11 is 5.97. The Labute approximate surface area is 123 Å². The van der Waals surface area contributed by atoms with Crippen molar-refractivity contribution in [1.29, 1.82) is 0 Å². The van der Waals surface area contributed by atoms with E-state index in [2.05, 4.69) is 5.32 Å². The van der Waals surface area contributed by atoms with Gasteiger partial charge in [-0.25, -0.2) is 4.79 Å². The monoisotopic (exact) mass is 289 g/mol. The first-order valence-corrected chi connectivity index (χ1v) is 6.69. The van der Waals surface area contributed by atoms with Gasteiger partial charge in [-0.2, -0.15) is 0 Å². The summed E-state index contributed by atoms with van der Waals surface area (Å²) in [6.45, 7) is 0.577. The van der Waals surface area contributed by atoms with Gasteiger partial charge in [-0.15, -0.1) is 0 Å². The fraction of sp³-hybridized carbons (Fsp3) is 0.188. The highest BCUT2D eigenvalue weighted by Crippen LogP contribution is 2.19. The molecule has 3 nitrogen and oxygen atoms in total. The molecule has 0 aliphatic heterocycles. The minimum atomic E-state index is -0.529. The van der Waals surface area contributed by atoms with Crippen LogP contribution in [0, 0.1) is 0 Å². The fourth-order valence-electron chi connectivity index (χ4n) is 1.96. The van der Waals surface area contributed by atoms with Gasteiger partial charge in [-0.05, 0) is 23.3 Å². The number of halogens is 1. The van der Waals surface area contributed by atoms with E-state index in [1.807, 2.05) is 42.5 Å². The smallest absolute Gasteiger partial charge is 0.327 e. The van der Waals surface area contributed by atoms with Crippen LogP contribution >= 0.6 is 11.6 Å². The Balaban J connectivity index is 2.14. The van der Waals surface area contributed by atoms with Crippen molar-refractivity contribution in [2.45, 2.75) is 12.6 Å². The van der Waals surface area contributed by atoms with E-state index in [0.29, 0.717) is 11.6 Å². The standard InChI is InChI=1S/C16H16ClNO2/c1-20-16(19)15(13-8-5-9-14(17)10-13)18-11-12-6-3-2-4-7-12/h2-10,15,18H,11H2,1H3. The first-order valence-electron chi connectivity index (χ1n) is 6.31. The van der Waals surface area contributed by atoms with E-state index in [0.717, 1.165) is 11.1 Å². The third-order valence-electron chi connectivity index (χ3n) is 2.97. The van der Waals surface area contributed by atoms with E-state index in [1.165, 1.54) is 7.11 Å². The Hall–Kier alpha value is -1.84. The number of rotatable bonds is 5. The molecule has 0 spiro atoms. The van der Waals surface area contributed by atoms with Gasteiger partial charge in [0, 0.05) is 11.6 Å². The molecule has 2 aromatic rings. The van der Waals surface area contributed by atoms with E-state index in [9.17, 15) is 4.79 Å². The molecule has 1 N–H and O–H groups in total. The average Bonchev–Trinajstić information content (AvgIpc) is 2.48. The molecule has 0 heterocycles. The predicted octanol–water partition coefficient (Wildman–Crippen LogP) is 3.34. The third-order valence-corrected chi connectivity index (χ3v) is 3.21. The summed E-state index contributed by atoms with van der Waals surface area (Å²) in [7, 11) is 1.38. The molecule has 0 aliphatic carbocycles. The molecule has 0 saturated carbocycles. The minimum Gasteiger partial charge on any atom is -0.468 e. The van der Waals surface area contributed by atoms with Crippen molar-refractivity contribution in [2.24, 2.45) is 0 Å². The van der Waals surface area contributed by atoms with Crippen molar-refractivity contribution in [3.63, 3.8) is 0 Å². The lowest BCUT2D eigenvalue weighted by Gasteiger charge is -2.17. The zero-order valence-corrected chi connectivity index (χ0v) is 11.9. The summed E-state index contributed by atoms with van der Waals surface area (Å²) in [6.07, 6.45) is 0. The highest BCUT2D eigenvalue weighted by Gasteiger charge is 2.20. The molecule has 20 heavy (non-hydrogen) atoms. The topological polar surface area (TPSA) is 38.3 Å². The van der Waals surface area contributed by atoms with Crippen molar-refractivity contribution >= 4 is 17.6 Å². The maximum absolute atomic E-state index is 11.9. The molecule has 4 heteroatoms. The zero-order chi connectivity index (χ0) is 14.4. The van der Waals surface area contributed by atoms with E-state index < -0.39 is 6.04 Å². The second-order valence-corrected chi connectivity index (χ2v) is 4.81. The molecule has 104 valence electrons. The number of ether oxygens (including phenoxy) is 1. The summed E-state index contributed by atoms with van der Waals surface area (Å²) in [5, 5.41) is 3.79. The van der Waals surface area contributed by atoms with E-state index in [1.54, 1.807) is 12.1 Å². The lowest BCUT2D eigenvalue weighted by atomic mass is 10.1. The predicted molar refractivity (Wildman–Crippen MR) is 79.5 cm³/mol. The summed E-state index contributed by atoms with van der Waals surface area (Å²) < 4.78 is 4.85. The summed E-state index contributed by atoms with van der Waals surface area (Å²) in [6, 6.07) is 16.6. The van der Waals surface area contributed by atoms with E-state index in [-0.39, 0.29) is 5.97 Å². The number of esters is 1. The lowest BCUT2D eigenvalue weighted by molar-refractivity contribution is -0.143. The van der Waals surface area contributed by atoms with Gasteiger partial charge in [0.1, 0.15) is 6.04 Å². The Kier molecular flexibility index (Phi) is 5.16. The molecular weight excluding hydrogens is 274 g/mol. The number of hydrogen-bond donors (Lipinski definition) is 1. The molecule has 0 bridgehead atoms. The van der Waals surface area contributed by atoms with Crippen LogP contribution in [0.25, 0.3) is 0 Å². The molecule has 0 fully saturated rings. The van der Waals surface area contributed by atoms with Gasteiger partial charge >= 0.3 is 5.97 Å². The van der Waals surface area contributed by atoms with Crippen LogP contribution in [0.5, 0.6) is 0 Å². The molecule has 1 unspecified atom stereocenters. The Morgan fingerprint density at radius 2 is 1.95 bits per heavy atom. The van der Waals surface area contributed by atoms with Gasteiger partial charge in [-0.3, -0.25) is 5.32 Å². The molecule has 0 aliphatic rings. The van der Waals surface area contributed by atoms with Crippen LogP contribution in [0.3, 0.4) is 0 Å². The maximum Gasteiger partial charge on any atom is 0.327 e. The SMILES string of the molecule is COC(=O)C(NCc1ccccc1)c1cccc(Cl)c1. The molecule has 0 amide bonds. The van der Waals surface area contributed by atoms with Gasteiger partial charge < -0.3 is 4.74 Å². The van der Waals surface area contributed by atoms with E-state index >= 15 is 0 Å². The largest absolute Gasteiger partial charge is 0.468 e. The highest BCUT2D eigenvalue weighted by molar-refractivity contribution is 6.30. The molecular formula is C16H16ClNO2. The molecule has 0 saturated heterocycles. The van der Waals surface area contributed by atoms with Gasteiger partial charge in [0.2, 0.25) is 0 Å². The van der Waals surface area contributed by atoms with Crippen molar-refractivity contribution in [3.8, 4) is 0 Å². The number of nitrogens with one attached hydrogen (secondary N) is 1. The average molecular weight is 290 g/mol. The van der Waals surface area contributed by atoms with Crippen LogP contribution in [0.15, 0.2) is 54.6 Å². The fourth-order valence-corrected chi connectivity index (χ4v) is 2.16. The summed E-state index contributed by atoms with van der Waals surface area (Å²) in [5.41, 5.74) is 1.89. The molecule has 1 atom stereocenters. The molecule has 0 aromatic heterocycles. The Morgan fingerprint density at radius 1 is 1.20 bits per heavy atom. The Morgan fingerprint density at radius 3 is 2.60 bits per heavy atom. The number of carbonyl (C=O) groups excluding carboxylic acids is 1. The van der Waals surface area contributed by atoms with Gasteiger partial charge in [0.15, 0.2) is 0 Å². The highest BCUT2D eigenvalue weighted by atomic mass is 35.5. The minimum absolute atomic E-state index is 0.330. The van der Waals surface area contributed by atoms with Crippen LogP contribution in [0.2, 0.25) is 5.02 Å². The molecule has 2 aromatic carbocycles. The van der Waals surface area contributed by atoms with Crippen LogP contribution < -0.4 is 5.32 Å². The number of benzene rings is 2. The van der Waals surface area contributed by atoms with E-state index in [4.69, 9.17) is 16.3 Å². The number of hydrogen-bond acceptors (Lipinski definition) is 3. The van der Waals surface area contributed by atoms with Crippen molar-refractivity contribution in [2.75, 3.05) is 7.11 Å². The number of methoxy groups -OCH3 is 1. The van der Waals surface area contributed by atoms with Crippen molar-refractivity contribution in [1.82, 2.24) is 5.32 Å². The lowest BCUT2D eigenvalue weighted by Crippen LogP contribution is -2.29. The number of carbonyl (C=O) groups is 1. The second kappa shape index (κ2) is 7.08. The van der Waals surface area contributed by atoms with Crippen LogP contribution in [0.4, 0.5) is 0 Å². The second-order valence-electron chi connectivity index (χ2n) is 4.38. The molecule has 2 rings (SSSR count). The van der Waals surface area contributed by atoms with Gasteiger partial charge in [0.05, 0.1) is 7.11 Å². The van der Waals surface area contributed by atoms with Gasteiger partial charge in [-0.1, -0.05) is 54.1 Å². The van der Waals surface area contributed by atoms with Crippen molar-refractivity contribution in [3.05, 3.63) is 70.7 Å². The Bertz CT molecular complexity index is 572. The first-order chi connectivity index (χ1) is 9.70. The van der Waals surface area contributed by atoms with Crippen molar-refractivity contribution < 1.29 is 9.53 Å². The first kappa shape index (κ1) is 14.6. The summed E-state index contributed by atoms with van der Waals surface area (Å²) in [4.78, 5) is 11.9. The summed E-state index contributed by atoms with van der Waals surface area (Å²) in [5.74, 6) is -0.330. The van der Waals surface area contributed by atoms with Crippen LogP contribution in [-0.2, 0) is 16.1 Å².